The fourth-order valence-electron chi connectivity index (χ4n) is 2.14. The van der Waals surface area contributed by atoms with Crippen LogP contribution in [0.4, 0.5) is 0 Å². The molecule has 0 aliphatic heterocycles. The molecule has 0 nitrogen and oxygen atoms in total. The van der Waals surface area contributed by atoms with E-state index in [-0.39, 0.29) is 0 Å². The summed E-state index contributed by atoms with van der Waals surface area (Å²) in [6.45, 7) is 4.67. The summed E-state index contributed by atoms with van der Waals surface area (Å²) in [6.07, 6.45) is 8.86. The van der Waals surface area contributed by atoms with Crippen molar-refractivity contribution in [2.45, 2.75) is 52.4 Å². The predicted octanol–water partition coefficient (Wildman–Crippen LogP) is 3.61. The maximum atomic E-state index is 2.34. The van der Waals surface area contributed by atoms with E-state index < -0.39 is 0 Å². The van der Waals surface area contributed by atoms with Crippen molar-refractivity contribution in [2.24, 2.45) is 11.8 Å². The largest absolute Gasteiger partial charge is 0.0651 e. The zero-order chi connectivity index (χ0) is 7.40. The molecule has 2 atom stereocenters. The molecule has 1 aliphatic rings. The molecule has 0 aromatic heterocycles. The summed E-state index contributed by atoms with van der Waals surface area (Å²) < 4.78 is 0. The Kier molecular flexibility index (Phi) is 3.24. The minimum Gasteiger partial charge on any atom is -0.0651 e. The Hall–Kier alpha value is 0. The van der Waals surface area contributed by atoms with E-state index in [0.29, 0.717) is 0 Å². The van der Waals surface area contributed by atoms with E-state index >= 15 is 0 Å². The van der Waals surface area contributed by atoms with Crippen molar-refractivity contribution in [1.29, 1.82) is 0 Å². The van der Waals surface area contributed by atoms with Crippen LogP contribution < -0.4 is 0 Å². The molecule has 0 N–H and O–H groups in total. The van der Waals surface area contributed by atoms with Crippen molar-refractivity contribution < 1.29 is 0 Å². The van der Waals surface area contributed by atoms with Crippen molar-refractivity contribution >= 4 is 0 Å². The topological polar surface area (TPSA) is 0 Å². The van der Waals surface area contributed by atoms with Crippen molar-refractivity contribution in [3.05, 3.63) is 0 Å². The van der Waals surface area contributed by atoms with Crippen LogP contribution in [-0.2, 0) is 0 Å². The van der Waals surface area contributed by atoms with Crippen LogP contribution in [0.15, 0.2) is 0 Å². The van der Waals surface area contributed by atoms with Crippen LogP contribution >= 0.6 is 0 Å². The van der Waals surface area contributed by atoms with Crippen molar-refractivity contribution in [1.82, 2.24) is 0 Å². The summed E-state index contributed by atoms with van der Waals surface area (Å²) in [7, 11) is 0. The van der Waals surface area contributed by atoms with E-state index in [9.17, 15) is 0 Å². The Morgan fingerprint density at radius 2 is 1.50 bits per heavy atom. The lowest BCUT2D eigenvalue weighted by molar-refractivity contribution is 0.255. The van der Waals surface area contributed by atoms with Crippen LogP contribution in [0, 0.1) is 11.8 Å². The third-order valence-electron chi connectivity index (χ3n) is 3.05. The Bertz CT molecular complexity index is 76.0. The Labute approximate surface area is 65.0 Å². The quantitative estimate of drug-likeness (QED) is 0.549. The van der Waals surface area contributed by atoms with Gasteiger partial charge in [0.25, 0.3) is 0 Å². The van der Waals surface area contributed by atoms with Gasteiger partial charge < -0.3 is 0 Å². The van der Waals surface area contributed by atoms with Gasteiger partial charge in [0.1, 0.15) is 0 Å². The van der Waals surface area contributed by atoms with Gasteiger partial charge in [0, 0.05) is 0 Å². The number of hydrogen-bond donors (Lipinski definition) is 0. The first-order valence-corrected chi connectivity index (χ1v) is 4.86. The smallest absolute Gasteiger partial charge is 0.0414 e. The van der Waals surface area contributed by atoms with Crippen LogP contribution in [0.1, 0.15) is 52.4 Å². The molecule has 0 aromatic rings. The molecule has 0 aromatic carbocycles. The van der Waals surface area contributed by atoms with Crippen LogP contribution in [0.2, 0.25) is 0 Å². The summed E-state index contributed by atoms with van der Waals surface area (Å²) in [5, 5.41) is 0. The normalized spacial score (nSPS) is 34.2. The number of hydrogen-bond acceptors (Lipinski definition) is 0. The second-order valence-corrected chi connectivity index (χ2v) is 3.72. The molecular weight excluding hydrogens is 120 g/mol. The molecule has 0 heteroatoms. The average molecular weight is 140 g/mol. The van der Waals surface area contributed by atoms with Crippen molar-refractivity contribution in [2.75, 3.05) is 0 Å². The minimum absolute atomic E-state index is 1.07. The fraction of sp³-hybridized carbons (Fsp3) is 1.00. The van der Waals surface area contributed by atoms with Gasteiger partial charge in [-0.2, -0.15) is 0 Å². The van der Waals surface area contributed by atoms with E-state index in [0.717, 1.165) is 11.8 Å². The van der Waals surface area contributed by atoms with Gasteiger partial charge in [-0.3, -0.25) is 0 Å². The highest BCUT2D eigenvalue weighted by atomic mass is 14.2. The third kappa shape index (κ3) is 2.00. The van der Waals surface area contributed by atoms with E-state index in [2.05, 4.69) is 13.8 Å². The summed E-state index contributed by atoms with van der Waals surface area (Å²) >= 11 is 0. The molecule has 0 heterocycles. The van der Waals surface area contributed by atoms with Crippen LogP contribution in [-0.4, -0.2) is 0 Å². The van der Waals surface area contributed by atoms with Gasteiger partial charge in [0.15, 0.2) is 0 Å². The van der Waals surface area contributed by atoms with Crippen molar-refractivity contribution in [3.63, 3.8) is 0 Å². The molecule has 0 amide bonds. The van der Waals surface area contributed by atoms with Gasteiger partial charge in [-0.15, -0.1) is 0 Å². The zero-order valence-corrected chi connectivity index (χ0v) is 7.40. The zero-order valence-electron chi connectivity index (χ0n) is 7.40. The predicted molar refractivity (Wildman–Crippen MR) is 46.0 cm³/mol. The summed E-state index contributed by atoms with van der Waals surface area (Å²) in [5.74, 6) is 2.14. The second kappa shape index (κ2) is 4.00. The van der Waals surface area contributed by atoms with Gasteiger partial charge in [0.2, 0.25) is 0 Å². The fourth-order valence-corrected chi connectivity index (χ4v) is 2.14. The van der Waals surface area contributed by atoms with E-state index in [1.165, 1.54) is 38.5 Å². The SMILES string of the molecule is CCC1CCCC(CC)C1. The lowest BCUT2D eigenvalue weighted by atomic mass is 9.79. The van der Waals surface area contributed by atoms with Gasteiger partial charge >= 0.3 is 0 Å². The van der Waals surface area contributed by atoms with Gasteiger partial charge in [-0.25, -0.2) is 0 Å². The first-order valence-electron chi connectivity index (χ1n) is 4.86. The molecule has 0 saturated heterocycles. The van der Waals surface area contributed by atoms with Crippen molar-refractivity contribution in [3.8, 4) is 0 Å². The highest BCUT2D eigenvalue weighted by Gasteiger charge is 2.18. The maximum Gasteiger partial charge on any atom is -0.0414 e. The Balaban J connectivity index is 2.25. The molecule has 1 fully saturated rings. The molecule has 0 bridgehead atoms. The summed E-state index contributed by atoms with van der Waals surface area (Å²) in [4.78, 5) is 0. The third-order valence-corrected chi connectivity index (χ3v) is 3.05. The molecule has 1 saturated carbocycles. The first-order chi connectivity index (χ1) is 4.86. The Morgan fingerprint density at radius 1 is 1.00 bits per heavy atom. The molecule has 0 radical (unpaired) electrons. The van der Waals surface area contributed by atoms with E-state index in [4.69, 9.17) is 0 Å². The van der Waals surface area contributed by atoms with Gasteiger partial charge in [0.05, 0.1) is 0 Å². The molecule has 1 rings (SSSR count). The monoisotopic (exact) mass is 140 g/mol. The van der Waals surface area contributed by atoms with Gasteiger partial charge in [-0.1, -0.05) is 46.0 Å². The van der Waals surface area contributed by atoms with E-state index in [1.807, 2.05) is 0 Å². The second-order valence-electron chi connectivity index (χ2n) is 3.72. The molecule has 60 valence electrons. The standard InChI is InChI=1S/C10H20/c1-3-9-6-5-7-10(4-2)8-9/h9-10H,3-8H2,1-2H3. The maximum absolute atomic E-state index is 2.34. The summed E-state index contributed by atoms with van der Waals surface area (Å²) in [5.41, 5.74) is 0. The highest BCUT2D eigenvalue weighted by molar-refractivity contribution is 4.70. The Morgan fingerprint density at radius 3 is 1.90 bits per heavy atom. The highest BCUT2D eigenvalue weighted by Crippen LogP contribution is 2.32. The first kappa shape index (κ1) is 8.10. The molecule has 0 spiro atoms. The van der Waals surface area contributed by atoms with Gasteiger partial charge in [-0.05, 0) is 18.3 Å². The minimum atomic E-state index is 1.07. The molecule has 1 aliphatic carbocycles. The van der Waals surface area contributed by atoms with Crippen LogP contribution in [0.25, 0.3) is 0 Å². The summed E-state index contributed by atoms with van der Waals surface area (Å²) in [6, 6.07) is 0. The molecule has 10 heavy (non-hydrogen) atoms. The number of rotatable bonds is 2. The lowest BCUT2D eigenvalue weighted by Gasteiger charge is -2.27. The molecular formula is C10H20. The lowest BCUT2D eigenvalue weighted by Crippen LogP contribution is -2.13. The van der Waals surface area contributed by atoms with Crippen LogP contribution in [0.3, 0.4) is 0 Å². The van der Waals surface area contributed by atoms with Crippen LogP contribution in [0.5, 0.6) is 0 Å². The molecule has 2 unspecified atom stereocenters. The average Bonchev–Trinajstić information content (AvgIpc) is 2.05. The van der Waals surface area contributed by atoms with E-state index in [1.54, 1.807) is 0 Å².